The molecule has 2 rings (SSSR count). The molecule has 4 nitrogen and oxygen atoms in total. The van der Waals surface area contributed by atoms with Gasteiger partial charge in [-0.05, 0) is 47.9 Å². The van der Waals surface area contributed by atoms with Crippen molar-refractivity contribution in [1.29, 1.82) is 5.26 Å². The van der Waals surface area contributed by atoms with Gasteiger partial charge in [0.25, 0.3) is 8.32 Å². The van der Waals surface area contributed by atoms with Crippen molar-refractivity contribution in [2.24, 2.45) is 17.3 Å². The van der Waals surface area contributed by atoms with Crippen molar-refractivity contribution in [3.8, 4) is 6.07 Å². The normalized spacial score (nSPS) is 28.2. The molecule has 1 fully saturated rings. The Morgan fingerprint density at radius 3 is 2.11 bits per heavy atom. The minimum absolute atomic E-state index is 0.164. The van der Waals surface area contributed by atoms with Gasteiger partial charge in [0, 0.05) is 26.6 Å². The molecule has 2 bridgehead atoms. The van der Waals surface area contributed by atoms with E-state index >= 15 is 0 Å². The third-order valence-electron chi connectivity index (χ3n) is 7.17. The van der Waals surface area contributed by atoms with Crippen molar-refractivity contribution < 1.29 is 13.9 Å². The first-order valence-corrected chi connectivity index (χ1v) is 12.7. The zero-order chi connectivity index (χ0) is 20.4. The number of nitrogens with zero attached hydrogens (tertiary/aromatic N) is 1. The Labute approximate surface area is 167 Å². The summed E-state index contributed by atoms with van der Waals surface area (Å²) in [5.74, 6) is 1.83. The van der Waals surface area contributed by atoms with Gasteiger partial charge in [-0.3, -0.25) is 0 Å². The van der Waals surface area contributed by atoms with Crippen molar-refractivity contribution in [2.45, 2.75) is 90.1 Å². The second-order valence-corrected chi connectivity index (χ2v) is 14.9. The molecule has 0 saturated heterocycles. The fourth-order valence-electron chi connectivity index (χ4n) is 5.92. The number of ether oxygens (including phenoxy) is 2. The SMILES string of the molecule is COC(C[C@]1(C#N)C[C@@H]2CC=C(O[Si](C(C)C)(C(C)C)C(C)C)[C@H]1C2)OC. The van der Waals surface area contributed by atoms with E-state index in [9.17, 15) is 5.26 Å². The molecule has 154 valence electrons. The van der Waals surface area contributed by atoms with Crippen molar-refractivity contribution >= 4 is 8.32 Å². The van der Waals surface area contributed by atoms with E-state index in [0.717, 1.165) is 25.0 Å². The largest absolute Gasteiger partial charge is 0.546 e. The summed E-state index contributed by atoms with van der Waals surface area (Å²) < 4.78 is 18.0. The van der Waals surface area contributed by atoms with Crippen LogP contribution in [0.4, 0.5) is 0 Å². The van der Waals surface area contributed by atoms with Crippen LogP contribution < -0.4 is 0 Å². The standard InChI is InChI=1S/C22H39NO3Si/c1-15(2)27(16(3)4,17(5)6)26-20-10-9-18-11-19(20)22(12-18,14-23)13-21(24-7)25-8/h10,15-19,21H,9,11-13H2,1-8H3/t18-,19-,22+/m1/s1. The Morgan fingerprint density at radius 1 is 1.11 bits per heavy atom. The van der Waals surface area contributed by atoms with Crippen LogP contribution in [-0.2, 0) is 13.9 Å². The van der Waals surface area contributed by atoms with Gasteiger partial charge < -0.3 is 13.9 Å². The van der Waals surface area contributed by atoms with E-state index in [4.69, 9.17) is 13.9 Å². The maximum atomic E-state index is 10.2. The fraction of sp³-hybridized carbons (Fsp3) is 0.864. The molecule has 0 spiro atoms. The minimum atomic E-state index is -2.03. The minimum Gasteiger partial charge on any atom is -0.546 e. The molecule has 0 N–H and O–H groups in total. The molecule has 0 amide bonds. The summed E-state index contributed by atoms with van der Waals surface area (Å²) in [5.41, 5.74) is 1.13. The van der Waals surface area contributed by atoms with Crippen LogP contribution in [-0.4, -0.2) is 28.8 Å². The Balaban J connectivity index is 2.38. The second-order valence-electron chi connectivity index (χ2n) is 9.49. The second kappa shape index (κ2) is 8.67. The molecular formula is C22H39NO3Si. The van der Waals surface area contributed by atoms with E-state index in [-0.39, 0.29) is 12.2 Å². The Morgan fingerprint density at radius 2 is 1.67 bits per heavy atom. The quantitative estimate of drug-likeness (QED) is 0.355. The lowest BCUT2D eigenvalue weighted by atomic mass is 9.75. The lowest BCUT2D eigenvalue weighted by Crippen LogP contribution is -2.48. The van der Waals surface area contributed by atoms with E-state index in [1.54, 1.807) is 14.2 Å². The predicted octanol–water partition coefficient (Wildman–Crippen LogP) is 6.01. The Hall–Kier alpha value is -0.833. The highest BCUT2D eigenvalue weighted by Crippen LogP contribution is 2.58. The molecular weight excluding hydrogens is 354 g/mol. The van der Waals surface area contributed by atoms with Crippen LogP contribution in [0.25, 0.3) is 0 Å². The number of rotatable bonds is 9. The molecule has 2 aliphatic carbocycles. The summed E-state index contributed by atoms with van der Waals surface area (Å²) >= 11 is 0. The molecule has 0 aromatic carbocycles. The third-order valence-corrected chi connectivity index (χ3v) is 13.2. The monoisotopic (exact) mass is 393 g/mol. The smallest absolute Gasteiger partial charge is 0.258 e. The van der Waals surface area contributed by atoms with Gasteiger partial charge in [-0.25, -0.2) is 0 Å². The zero-order valence-corrected chi connectivity index (χ0v) is 19.5. The summed E-state index contributed by atoms with van der Waals surface area (Å²) in [6.07, 6.45) is 5.57. The maximum Gasteiger partial charge on any atom is 0.258 e. The molecule has 5 heteroatoms. The average Bonchev–Trinajstić information content (AvgIpc) is 2.91. The first-order valence-electron chi connectivity index (χ1n) is 10.5. The number of nitriles is 1. The molecule has 0 heterocycles. The van der Waals surface area contributed by atoms with Gasteiger partial charge in [0.15, 0.2) is 6.29 Å². The van der Waals surface area contributed by atoms with E-state index < -0.39 is 13.7 Å². The molecule has 0 aromatic rings. The average molecular weight is 394 g/mol. The highest BCUT2D eigenvalue weighted by atomic mass is 28.4. The number of methoxy groups -OCH3 is 2. The maximum absolute atomic E-state index is 10.2. The van der Waals surface area contributed by atoms with Gasteiger partial charge in [0.2, 0.25) is 0 Å². The molecule has 0 unspecified atom stereocenters. The lowest BCUT2D eigenvalue weighted by molar-refractivity contribution is -0.123. The van der Waals surface area contributed by atoms with E-state index in [0.29, 0.717) is 29.0 Å². The molecule has 0 radical (unpaired) electrons. The van der Waals surface area contributed by atoms with Crippen molar-refractivity contribution in [3.05, 3.63) is 11.8 Å². The molecule has 0 aromatic heterocycles. The van der Waals surface area contributed by atoms with Gasteiger partial charge in [-0.1, -0.05) is 41.5 Å². The van der Waals surface area contributed by atoms with Crippen LogP contribution in [0.15, 0.2) is 11.8 Å². The van der Waals surface area contributed by atoms with E-state index in [2.05, 4.69) is 53.7 Å². The van der Waals surface area contributed by atoms with Crippen LogP contribution in [0.3, 0.4) is 0 Å². The predicted molar refractivity (Wildman–Crippen MR) is 112 cm³/mol. The van der Waals surface area contributed by atoms with Gasteiger partial charge in [-0.15, -0.1) is 0 Å². The van der Waals surface area contributed by atoms with Crippen LogP contribution in [0.1, 0.15) is 67.2 Å². The first-order chi connectivity index (χ1) is 12.7. The van der Waals surface area contributed by atoms with Crippen molar-refractivity contribution in [2.75, 3.05) is 14.2 Å². The topological polar surface area (TPSA) is 51.5 Å². The van der Waals surface area contributed by atoms with Crippen LogP contribution >= 0.6 is 0 Å². The zero-order valence-electron chi connectivity index (χ0n) is 18.5. The molecule has 0 aliphatic heterocycles. The van der Waals surface area contributed by atoms with Gasteiger partial charge >= 0.3 is 0 Å². The summed E-state index contributed by atoms with van der Waals surface area (Å²) in [4.78, 5) is 0. The van der Waals surface area contributed by atoms with Gasteiger partial charge in [-0.2, -0.15) is 5.26 Å². The summed E-state index contributed by atoms with van der Waals surface area (Å²) in [5, 5.41) is 10.2. The van der Waals surface area contributed by atoms with Gasteiger partial charge in [0.05, 0.1) is 17.2 Å². The Bertz CT molecular complexity index is 555. The molecule has 27 heavy (non-hydrogen) atoms. The summed E-state index contributed by atoms with van der Waals surface area (Å²) in [6.45, 7) is 13.9. The van der Waals surface area contributed by atoms with Crippen LogP contribution in [0.2, 0.25) is 16.6 Å². The van der Waals surface area contributed by atoms with Crippen LogP contribution in [0, 0.1) is 28.6 Å². The van der Waals surface area contributed by atoms with Crippen molar-refractivity contribution in [3.63, 3.8) is 0 Å². The number of fused-ring (bicyclic) bond motifs is 2. The number of hydrogen-bond donors (Lipinski definition) is 0. The van der Waals surface area contributed by atoms with Crippen LogP contribution in [0.5, 0.6) is 0 Å². The lowest BCUT2D eigenvalue weighted by Gasteiger charge is -2.45. The molecule has 3 atom stereocenters. The highest BCUT2D eigenvalue weighted by Gasteiger charge is 2.55. The van der Waals surface area contributed by atoms with Gasteiger partial charge in [0.1, 0.15) is 0 Å². The number of hydrogen-bond acceptors (Lipinski definition) is 4. The summed E-state index contributed by atoms with van der Waals surface area (Å²) in [7, 11) is 1.28. The highest BCUT2D eigenvalue weighted by molar-refractivity contribution is 6.77. The van der Waals surface area contributed by atoms with E-state index in [1.165, 1.54) is 0 Å². The summed E-state index contributed by atoms with van der Waals surface area (Å²) in [6, 6.07) is 2.69. The molecule has 1 saturated carbocycles. The first kappa shape index (κ1) is 22.5. The molecule has 2 aliphatic rings. The van der Waals surface area contributed by atoms with E-state index in [1.807, 2.05) is 0 Å². The third kappa shape index (κ3) is 3.99. The van der Waals surface area contributed by atoms with Crippen molar-refractivity contribution in [1.82, 2.24) is 0 Å². The fourth-order valence-corrected chi connectivity index (χ4v) is 11.3. The Kier molecular flexibility index (Phi) is 7.21. The number of allylic oxidation sites excluding steroid dienone is 2.